The van der Waals surface area contributed by atoms with Gasteiger partial charge < -0.3 is 15.4 Å². The third-order valence-electron chi connectivity index (χ3n) is 4.31. The summed E-state index contributed by atoms with van der Waals surface area (Å²) in [5.74, 6) is 2.75. The summed E-state index contributed by atoms with van der Waals surface area (Å²) >= 11 is 0. The molecule has 5 heteroatoms. The van der Waals surface area contributed by atoms with E-state index in [4.69, 9.17) is 4.74 Å². The Hall–Kier alpha value is -3.08. The van der Waals surface area contributed by atoms with E-state index >= 15 is 0 Å². The monoisotopic (exact) mass is 362 g/mol. The topological polar surface area (TPSA) is 59.1 Å². The molecule has 5 nitrogen and oxygen atoms in total. The summed E-state index contributed by atoms with van der Waals surface area (Å²) in [6.45, 7) is 7.00. The van der Waals surface area contributed by atoms with Crippen molar-refractivity contribution in [1.29, 1.82) is 0 Å². The average Bonchev–Trinajstić information content (AvgIpc) is 2.67. The molecule has 140 valence electrons. The fourth-order valence-electron chi connectivity index (χ4n) is 2.74. The minimum absolute atomic E-state index is 0.522. The number of hydrogen-bond donors (Lipinski definition) is 2. The summed E-state index contributed by atoms with van der Waals surface area (Å²) in [7, 11) is 1.67. The summed E-state index contributed by atoms with van der Waals surface area (Å²) in [5.41, 5.74) is 4.38. The highest BCUT2D eigenvalue weighted by Crippen LogP contribution is 2.21. The van der Waals surface area contributed by atoms with E-state index in [1.807, 2.05) is 37.3 Å². The highest BCUT2D eigenvalue weighted by atomic mass is 16.5. The first kappa shape index (κ1) is 18.7. The number of anilines is 3. The predicted octanol–water partition coefficient (Wildman–Crippen LogP) is 5.27. The van der Waals surface area contributed by atoms with Crippen LogP contribution < -0.4 is 15.4 Å². The first-order chi connectivity index (χ1) is 13.0. The first-order valence-electron chi connectivity index (χ1n) is 9.13. The molecule has 2 aromatic carbocycles. The van der Waals surface area contributed by atoms with Crippen molar-refractivity contribution in [3.8, 4) is 5.75 Å². The number of nitrogens with one attached hydrogen (secondary N) is 2. The molecule has 27 heavy (non-hydrogen) atoms. The number of aromatic nitrogens is 2. The lowest BCUT2D eigenvalue weighted by atomic mass is 10.0. The fraction of sp³-hybridized carbons (Fsp3) is 0.273. The molecule has 1 aromatic heterocycles. The van der Waals surface area contributed by atoms with E-state index in [0.29, 0.717) is 18.4 Å². The molecule has 2 N–H and O–H groups in total. The first-order valence-corrected chi connectivity index (χ1v) is 9.13. The third-order valence-corrected chi connectivity index (χ3v) is 4.31. The zero-order valence-electron chi connectivity index (χ0n) is 16.3. The zero-order chi connectivity index (χ0) is 19.2. The molecular formula is C22H26N4O. The molecule has 1 heterocycles. The molecule has 0 unspecified atom stereocenters. The van der Waals surface area contributed by atoms with Gasteiger partial charge in [0.1, 0.15) is 11.6 Å². The maximum absolute atomic E-state index is 5.19. The number of benzene rings is 2. The number of ether oxygens (including phenoxy) is 1. The van der Waals surface area contributed by atoms with Crippen LogP contribution in [0.1, 0.15) is 36.6 Å². The number of rotatable bonds is 7. The van der Waals surface area contributed by atoms with Gasteiger partial charge in [0.05, 0.1) is 7.11 Å². The van der Waals surface area contributed by atoms with Crippen LogP contribution in [0, 0.1) is 6.92 Å². The second-order valence-electron chi connectivity index (χ2n) is 6.82. The van der Waals surface area contributed by atoms with Gasteiger partial charge in [0.15, 0.2) is 0 Å². The van der Waals surface area contributed by atoms with Crippen LogP contribution in [0.4, 0.5) is 17.5 Å². The lowest BCUT2D eigenvalue weighted by Crippen LogP contribution is -2.06. The van der Waals surface area contributed by atoms with E-state index in [1.54, 1.807) is 7.11 Å². The van der Waals surface area contributed by atoms with Crippen LogP contribution in [0.3, 0.4) is 0 Å². The van der Waals surface area contributed by atoms with Crippen LogP contribution >= 0.6 is 0 Å². The normalized spacial score (nSPS) is 10.7. The summed E-state index contributed by atoms with van der Waals surface area (Å²) in [5, 5.41) is 6.64. The standard InChI is InChI=1S/C22H26N4O/c1-15(2)18-7-9-19(10-8-18)25-21-13-16(3)24-22(26-21)23-14-17-5-11-20(27-4)12-6-17/h5-13,15H,14H2,1-4H3,(H2,23,24,25,26). The van der Waals surface area contributed by atoms with Crippen molar-refractivity contribution in [2.24, 2.45) is 0 Å². The Bertz CT molecular complexity index is 874. The van der Waals surface area contributed by atoms with E-state index in [0.717, 1.165) is 28.5 Å². The molecule has 0 saturated carbocycles. The number of nitrogens with zero attached hydrogens (tertiary/aromatic N) is 2. The molecule has 0 amide bonds. The smallest absolute Gasteiger partial charge is 0.225 e. The second kappa shape index (κ2) is 8.54. The summed E-state index contributed by atoms with van der Waals surface area (Å²) in [6.07, 6.45) is 0. The van der Waals surface area contributed by atoms with Crippen LogP contribution in [0.15, 0.2) is 54.6 Å². The van der Waals surface area contributed by atoms with Crippen molar-refractivity contribution >= 4 is 17.5 Å². The lowest BCUT2D eigenvalue weighted by Gasteiger charge is -2.11. The fourth-order valence-corrected chi connectivity index (χ4v) is 2.74. The molecule has 0 saturated heterocycles. The zero-order valence-corrected chi connectivity index (χ0v) is 16.3. The van der Waals surface area contributed by atoms with Crippen molar-refractivity contribution in [3.05, 3.63) is 71.4 Å². The Kier molecular flexibility index (Phi) is 5.91. The molecule has 0 fully saturated rings. The van der Waals surface area contributed by atoms with Gasteiger partial charge in [0.25, 0.3) is 0 Å². The largest absolute Gasteiger partial charge is 0.497 e. The van der Waals surface area contributed by atoms with E-state index in [9.17, 15) is 0 Å². The van der Waals surface area contributed by atoms with E-state index in [1.165, 1.54) is 5.56 Å². The van der Waals surface area contributed by atoms with Crippen molar-refractivity contribution in [2.45, 2.75) is 33.2 Å². The van der Waals surface area contributed by atoms with Gasteiger partial charge in [-0.25, -0.2) is 4.98 Å². The number of aryl methyl sites for hydroxylation is 1. The second-order valence-corrected chi connectivity index (χ2v) is 6.82. The SMILES string of the molecule is COc1ccc(CNc2nc(C)cc(Nc3ccc(C(C)C)cc3)n2)cc1. The van der Waals surface area contributed by atoms with Crippen LogP contribution in [0.5, 0.6) is 5.75 Å². The third kappa shape index (κ3) is 5.20. The highest BCUT2D eigenvalue weighted by Gasteiger charge is 2.04. The van der Waals surface area contributed by atoms with E-state index in [-0.39, 0.29) is 0 Å². The summed E-state index contributed by atoms with van der Waals surface area (Å²) in [6, 6.07) is 18.3. The van der Waals surface area contributed by atoms with Gasteiger partial charge in [0, 0.05) is 24.0 Å². The van der Waals surface area contributed by atoms with Gasteiger partial charge in [-0.15, -0.1) is 0 Å². The van der Waals surface area contributed by atoms with E-state index in [2.05, 4.69) is 58.7 Å². The molecule has 0 spiro atoms. The van der Waals surface area contributed by atoms with Crippen molar-refractivity contribution < 1.29 is 4.74 Å². The van der Waals surface area contributed by atoms with Gasteiger partial charge in [-0.1, -0.05) is 38.1 Å². The Morgan fingerprint density at radius 1 is 0.963 bits per heavy atom. The van der Waals surface area contributed by atoms with Gasteiger partial charge >= 0.3 is 0 Å². The molecule has 0 aliphatic rings. The molecule has 0 atom stereocenters. The van der Waals surface area contributed by atoms with E-state index < -0.39 is 0 Å². The van der Waals surface area contributed by atoms with Crippen LogP contribution in [0.2, 0.25) is 0 Å². The summed E-state index contributed by atoms with van der Waals surface area (Å²) in [4.78, 5) is 9.05. The maximum atomic E-state index is 5.19. The molecule has 3 aromatic rings. The number of methoxy groups -OCH3 is 1. The quantitative estimate of drug-likeness (QED) is 0.599. The molecular weight excluding hydrogens is 336 g/mol. The Morgan fingerprint density at radius 2 is 1.67 bits per heavy atom. The minimum atomic E-state index is 0.522. The molecule has 0 radical (unpaired) electrons. The molecule has 3 rings (SSSR count). The van der Waals surface area contributed by atoms with Gasteiger partial charge in [-0.3, -0.25) is 0 Å². The molecule has 0 bridgehead atoms. The average molecular weight is 362 g/mol. The van der Waals surface area contributed by atoms with Gasteiger partial charge in [-0.2, -0.15) is 4.98 Å². The maximum Gasteiger partial charge on any atom is 0.225 e. The van der Waals surface area contributed by atoms with Crippen LogP contribution in [-0.2, 0) is 6.54 Å². The van der Waals surface area contributed by atoms with Crippen LogP contribution in [0.25, 0.3) is 0 Å². The van der Waals surface area contributed by atoms with Crippen LogP contribution in [-0.4, -0.2) is 17.1 Å². The Morgan fingerprint density at radius 3 is 2.30 bits per heavy atom. The molecule has 0 aliphatic carbocycles. The Labute approximate surface area is 160 Å². The van der Waals surface area contributed by atoms with Gasteiger partial charge in [-0.05, 0) is 48.2 Å². The van der Waals surface area contributed by atoms with Crippen molar-refractivity contribution in [3.63, 3.8) is 0 Å². The Balaban J connectivity index is 1.67. The van der Waals surface area contributed by atoms with Crippen molar-refractivity contribution in [2.75, 3.05) is 17.7 Å². The predicted molar refractivity (Wildman–Crippen MR) is 111 cm³/mol. The van der Waals surface area contributed by atoms with Crippen molar-refractivity contribution in [1.82, 2.24) is 9.97 Å². The summed E-state index contributed by atoms with van der Waals surface area (Å²) < 4.78 is 5.19. The lowest BCUT2D eigenvalue weighted by molar-refractivity contribution is 0.414. The molecule has 0 aliphatic heterocycles. The highest BCUT2D eigenvalue weighted by molar-refractivity contribution is 5.58. The minimum Gasteiger partial charge on any atom is -0.497 e. The van der Waals surface area contributed by atoms with Gasteiger partial charge in [0.2, 0.25) is 5.95 Å². The number of hydrogen-bond acceptors (Lipinski definition) is 5.